The van der Waals surface area contributed by atoms with Crippen molar-refractivity contribution < 1.29 is 13.5 Å². The summed E-state index contributed by atoms with van der Waals surface area (Å²) in [7, 11) is -3.55. The van der Waals surface area contributed by atoms with Crippen molar-refractivity contribution in [2.24, 2.45) is 5.92 Å². The fraction of sp³-hybridized carbons (Fsp3) is 0.429. The largest absolute Gasteiger partial charge is 0.384 e. The van der Waals surface area contributed by atoms with E-state index in [4.69, 9.17) is 5.11 Å². The highest BCUT2D eigenvalue weighted by Crippen LogP contribution is 2.14. The number of sulfonamides is 1. The summed E-state index contributed by atoms with van der Waals surface area (Å²) in [6.45, 7) is 4.18. The second-order valence-corrected chi connectivity index (χ2v) is 6.27. The maximum atomic E-state index is 12.2. The van der Waals surface area contributed by atoms with Crippen molar-refractivity contribution in [2.45, 2.75) is 25.2 Å². The van der Waals surface area contributed by atoms with Crippen LogP contribution in [0.3, 0.4) is 0 Å². The molecule has 0 atom stereocenters. The first-order valence-corrected chi connectivity index (χ1v) is 7.64. The van der Waals surface area contributed by atoms with Gasteiger partial charge in [-0.15, -0.1) is 0 Å². The maximum Gasteiger partial charge on any atom is 0.241 e. The Kier molecular flexibility index (Phi) is 6.03. The second kappa shape index (κ2) is 7.29. The molecule has 0 spiro atoms. The molecule has 4 nitrogen and oxygen atoms in total. The molecule has 0 aliphatic carbocycles. The van der Waals surface area contributed by atoms with Crippen LogP contribution in [0.25, 0.3) is 0 Å². The summed E-state index contributed by atoms with van der Waals surface area (Å²) >= 11 is 0. The lowest BCUT2D eigenvalue weighted by Crippen LogP contribution is -2.26. The zero-order valence-electron chi connectivity index (χ0n) is 11.2. The molecule has 1 aromatic rings. The molecule has 0 aliphatic heterocycles. The number of nitrogens with one attached hydrogen (secondary N) is 1. The molecule has 0 saturated carbocycles. The van der Waals surface area contributed by atoms with Gasteiger partial charge in [-0.05, 0) is 24.5 Å². The van der Waals surface area contributed by atoms with E-state index in [9.17, 15) is 8.42 Å². The number of aliphatic hydroxyl groups excluding tert-OH is 1. The molecule has 104 valence electrons. The average Bonchev–Trinajstić information content (AvgIpc) is 2.36. The Bertz CT molecular complexity index is 568. The molecule has 2 N–H and O–H groups in total. The molecule has 0 aliphatic rings. The van der Waals surface area contributed by atoms with Crippen LogP contribution < -0.4 is 4.72 Å². The number of benzene rings is 1. The van der Waals surface area contributed by atoms with Gasteiger partial charge in [0.2, 0.25) is 10.0 Å². The molecular formula is C14H19NO3S. The summed E-state index contributed by atoms with van der Waals surface area (Å²) in [5.41, 5.74) is 0.397. The van der Waals surface area contributed by atoms with Crippen molar-refractivity contribution in [2.75, 3.05) is 13.2 Å². The first-order chi connectivity index (χ1) is 8.97. The SMILES string of the molecule is CC(C)CCNS(=O)(=O)c1ccccc1C#CCO. The molecule has 0 unspecified atom stereocenters. The van der Waals surface area contributed by atoms with Gasteiger partial charge in [-0.3, -0.25) is 0 Å². The summed E-state index contributed by atoms with van der Waals surface area (Å²) in [4.78, 5) is 0.153. The minimum atomic E-state index is -3.55. The van der Waals surface area contributed by atoms with Crippen LogP contribution in [-0.4, -0.2) is 26.7 Å². The third kappa shape index (κ3) is 5.03. The van der Waals surface area contributed by atoms with Crippen LogP contribution in [0.1, 0.15) is 25.8 Å². The van der Waals surface area contributed by atoms with Crippen molar-refractivity contribution >= 4 is 10.0 Å². The van der Waals surface area contributed by atoms with Gasteiger partial charge in [0, 0.05) is 12.1 Å². The molecule has 5 heteroatoms. The summed E-state index contributed by atoms with van der Waals surface area (Å²) in [6.07, 6.45) is 0.781. The Hall–Kier alpha value is -1.35. The third-order valence-electron chi connectivity index (χ3n) is 2.49. The lowest BCUT2D eigenvalue weighted by molar-refractivity contribution is 0.350. The lowest BCUT2D eigenvalue weighted by atomic mass is 10.1. The molecule has 0 bridgehead atoms. The van der Waals surface area contributed by atoms with Crippen LogP contribution in [0.2, 0.25) is 0 Å². The number of hydrogen-bond donors (Lipinski definition) is 2. The third-order valence-corrected chi connectivity index (χ3v) is 4.01. The van der Waals surface area contributed by atoms with E-state index < -0.39 is 10.0 Å². The topological polar surface area (TPSA) is 66.4 Å². The first-order valence-electron chi connectivity index (χ1n) is 6.16. The standard InChI is InChI=1S/C14H19NO3S/c1-12(2)9-10-15-19(17,18)14-8-4-3-6-13(14)7-5-11-16/h3-4,6,8,12,15-16H,9-11H2,1-2H3. The van der Waals surface area contributed by atoms with Crippen LogP contribution in [0.15, 0.2) is 29.2 Å². The fourth-order valence-electron chi connectivity index (χ4n) is 1.50. The van der Waals surface area contributed by atoms with Gasteiger partial charge in [0.05, 0.1) is 4.90 Å². The molecule has 1 aromatic carbocycles. The number of aliphatic hydroxyl groups is 1. The van der Waals surface area contributed by atoms with Gasteiger partial charge in [-0.25, -0.2) is 13.1 Å². The molecule has 0 heterocycles. The van der Waals surface area contributed by atoms with E-state index in [1.165, 1.54) is 6.07 Å². The molecule has 1 rings (SSSR count). The van der Waals surface area contributed by atoms with E-state index >= 15 is 0 Å². The van der Waals surface area contributed by atoms with Crippen LogP contribution >= 0.6 is 0 Å². The highest BCUT2D eigenvalue weighted by molar-refractivity contribution is 7.89. The van der Waals surface area contributed by atoms with Gasteiger partial charge >= 0.3 is 0 Å². The zero-order chi connectivity index (χ0) is 14.3. The van der Waals surface area contributed by atoms with Crippen molar-refractivity contribution in [3.05, 3.63) is 29.8 Å². The Morgan fingerprint density at radius 2 is 2.00 bits per heavy atom. The second-order valence-electron chi connectivity index (χ2n) is 4.54. The molecule has 19 heavy (non-hydrogen) atoms. The fourth-order valence-corrected chi connectivity index (χ4v) is 2.71. The van der Waals surface area contributed by atoms with Crippen molar-refractivity contribution in [3.63, 3.8) is 0 Å². The predicted molar refractivity (Wildman–Crippen MR) is 75.0 cm³/mol. The predicted octanol–water partition coefficient (Wildman–Crippen LogP) is 1.35. The van der Waals surface area contributed by atoms with E-state index in [2.05, 4.69) is 16.6 Å². The van der Waals surface area contributed by atoms with E-state index in [1.54, 1.807) is 18.2 Å². The molecule has 0 aromatic heterocycles. The van der Waals surface area contributed by atoms with Gasteiger partial charge in [0.25, 0.3) is 0 Å². The molecule has 0 fully saturated rings. The Morgan fingerprint density at radius 3 is 2.63 bits per heavy atom. The minimum absolute atomic E-state index is 0.153. The van der Waals surface area contributed by atoms with Gasteiger partial charge in [-0.1, -0.05) is 37.8 Å². The van der Waals surface area contributed by atoms with E-state index in [0.717, 1.165) is 6.42 Å². The zero-order valence-corrected chi connectivity index (χ0v) is 12.0. The van der Waals surface area contributed by atoms with Crippen LogP contribution in [0, 0.1) is 17.8 Å². The molecule has 0 radical (unpaired) electrons. The summed E-state index contributed by atoms with van der Waals surface area (Å²) in [5, 5.41) is 8.69. The maximum absolute atomic E-state index is 12.2. The molecular weight excluding hydrogens is 262 g/mol. The van der Waals surface area contributed by atoms with Crippen molar-refractivity contribution in [3.8, 4) is 11.8 Å². The minimum Gasteiger partial charge on any atom is -0.384 e. The highest BCUT2D eigenvalue weighted by atomic mass is 32.2. The van der Waals surface area contributed by atoms with Gasteiger partial charge in [-0.2, -0.15) is 0 Å². The summed E-state index contributed by atoms with van der Waals surface area (Å²) in [5.74, 6) is 5.55. The average molecular weight is 281 g/mol. The number of rotatable bonds is 5. The summed E-state index contributed by atoms with van der Waals surface area (Å²) < 4.78 is 26.9. The Morgan fingerprint density at radius 1 is 1.32 bits per heavy atom. The quantitative estimate of drug-likeness (QED) is 0.801. The smallest absolute Gasteiger partial charge is 0.241 e. The van der Waals surface area contributed by atoms with Crippen LogP contribution in [-0.2, 0) is 10.0 Å². The van der Waals surface area contributed by atoms with Crippen LogP contribution in [0.5, 0.6) is 0 Å². The Balaban J connectivity index is 2.94. The van der Waals surface area contributed by atoms with Gasteiger partial charge in [0.15, 0.2) is 0 Å². The highest BCUT2D eigenvalue weighted by Gasteiger charge is 2.16. The molecule has 0 amide bonds. The monoisotopic (exact) mass is 281 g/mol. The normalized spacial score (nSPS) is 11.2. The molecule has 0 saturated heterocycles. The van der Waals surface area contributed by atoms with E-state index in [0.29, 0.717) is 18.0 Å². The first kappa shape index (κ1) is 15.7. The Labute approximate surface area is 114 Å². The lowest BCUT2D eigenvalue weighted by Gasteiger charge is -2.09. The van der Waals surface area contributed by atoms with Gasteiger partial charge in [0.1, 0.15) is 6.61 Å². The van der Waals surface area contributed by atoms with E-state index in [-0.39, 0.29) is 11.5 Å². The van der Waals surface area contributed by atoms with Crippen molar-refractivity contribution in [1.29, 1.82) is 0 Å². The van der Waals surface area contributed by atoms with Crippen LogP contribution in [0.4, 0.5) is 0 Å². The van der Waals surface area contributed by atoms with Gasteiger partial charge < -0.3 is 5.11 Å². The number of hydrogen-bond acceptors (Lipinski definition) is 3. The van der Waals surface area contributed by atoms with Crippen molar-refractivity contribution in [1.82, 2.24) is 4.72 Å². The van der Waals surface area contributed by atoms with E-state index in [1.807, 2.05) is 13.8 Å². The summed E-state index contributed by atoms with van der Waals surface area (Å²) in [6, 6.07) is 6.51.